The summed E-state index contributed by atoms with van der Waals surface area (Å²) in [7, 11) is 1.97. The number of imidazole rings is 1. The molecule has 0 amide bonds. The molecule has 3 nitrogen and oxygen atoms in total. The van der Waals surface area contributed by atoms with Crippen molar-refractivity contribution < 1.29 is 5.11 Å². The Labute approximate surface area is 76.6 Å². The molecule has 1 aromatic heterocycles. The van der Waals surface area contributed by atoms with Gasteiger partial charge in [0, 0.05) is 13.1 Å². The van der Waals surface area contributed by atoms with Crippen molar-refractivity contribution in [2.24, 2.45) is 7.05 Å². The summed E-state index contributed by atoms with van der Waals surface area (Å²) in [6.45, 7) is 3.84. The summed E-state index contributed by atoms with van der Waals surface area (Å²) in [6.07, 6.45) is 0. The Kier molecular flexibility index (Phi) is 1.55. The molecule has 0 saturated carbocycles. The lowest BCUT2D eigenvalue weighted by molar-refractivity contribution is 0.472. The molecule has 0 fully saturated rings. The van der Waals surface area contributed by atoms with Gasteiger partial charge in [-0.25, -0.2) is 4.98 Å². The van der Waals surface area contributed by atoms with E-state index in [0.717, 1.165) is 22.4 Å². The number of benzene rings is 1. The van der Waals surface area contributed by atoms with Gasteiger partial charge in [-0.15, -0.1) is 0 Å². The van der Waals surface area contributed by atoms with E-state index in [4.69, 9.17) is 0 Å². The minimum absolute atomic E-state index is 0.311. The number of hydrogen-bond acceptors (Lipinski definition) is 2. The van der Waals surface area contributed by atoms with Crippen LogP contribution in [0.2, 0.25) is 0 Å². The van der Waals surface area contributed by atoms with Crippen LogP contribution in [0.4, 0.5) is 0 Å². The minimum atomic E-state index is 0.311. The molecule has 68 valence electrons. The fourth-order valence-electron chi connectivity index (χ4n) is 1.45. The summed E-state index contributed by atoms with van der Waals surface area (Å²) >= 11 is 0. The number of aromatic hydroxyl groups is 1. The van der Waals surface area contributed by atoms with E-state index in [1.165, 1.54) is 0 Å². The molecule has 0 aliphatic heterocycles. The average Bonchev–Trinajstić information content (AvgIpc) is 2.32. The summed E-state index contributed by atoms with van der Waals surface area (Å²) < 4.78 is 2.02. The first-order valence-corrected chi connectivity index (χ1v) is 4.22. The summed E-state index contributed by atoms with van der Waals surface area (Å²) in [6, 6.07) is 3.66. The molecule has 0 bridgehead atoms. The molecule has 3 heteroatoms. The molecular formula is C10H12N2O. The van der Waals surface area contributed by atoms with E-state index in [9.17, 15) is 5.11 Å². The Morgan fingerprint density at radius 2 is 2.00 bits per heavy atom. The van der Waals surface area contributed by atoms with E-state index in [1.54, 1.807) is 6.07 Å². The normalized spacial score (nSPS) is 11.0. The van der Waals surface area contributed by atoms with Gasteiger partial charge in [0.2, 0.25) is 0 Å². The lowest BCUT2D eigenvalue weighted by Crippen LogP contribution is -1.90. The highest BCUT2D eigenvalue weighted by atomic mass is 16.3. The molecule has 0 radical (unpaired) electrons. The van der Waals surface area contributed by atoms with Gasteiger partial charge in [-0.05, 0) is 25.5 Å². The number of fused-ring (bicyclic) bond motifs is 1. The fraction of sp³-hybridized carbons (Fsp3) is 0.300. The van der Waals surface area contributed by atoms with Crippen LogP contribution in [0.3, 0.4) is 0 Å². The standard InChI is InChI=1S/C10H12N2O/c1-6-4-9-8(5-10(6)13)11-7(2)12(9)3/h4-5,13H,1-3H3. The molecule has 0 saturated heterocycles. The van der Waals surface area contributed by atoms with E-state index in [-0.39, 0.29) is 0 Å². The van der Waals surface area contributed by atoms with Crippen molar-refractivity contribution >= 4 is 11.0 Å². The van der Waals surface area contributed by atoms with Crippen LogP contribution >= 0.6 is 0 Å². The maximum atomic E-state index is 9.47. The monoisotopic (exact) mass is 176 g/mol. The van der Waals surface area contributed by atoms with Crippen molar-refractivity contribution in [1.82, 2.24) is 9.55 Å². The Bertz CT molecular complexity index is 471. The van der Waals surface area contributed by atoms with Crippen LogP contribution in [0, 0.1) is 13.8 Å². The quantitative estimate of drug-likeness (QED) is 0.665. The van der Waals surface area contributed by atoms with Gasteiger partial charge in [0.1, 0.15) is 11.6 Å². The molecule has 0 unspecified atom stereocenters. The van der Waals surface area contributed by atoms with Crippen molar-refractivity contribution in [3.63, 3.8) is 0 Å². The molecule has 2 rings (SSSR count). The molecule has 0 aliphatic rings. The fourth-order valence-corrected chi connectivity index (χ4v) is 1.45. The number of aromatic nitrogens is 2. The zero-order valence-electron chi connectivity index (χ0n) is 8.00. The van der Waals surface area contributed by atoms with Gasteiger partial charge in [0.25, 0.3) is 0 Å². The van der Waals surface area contributed by atoms with Crippen molar-refractivity contribution in [2.75, 3.05) is 0 Å². The molecule has 0 aliphatic carbocycles. The van der Waals surface area contributed by atoms with E-state index in [1.807, 2.05) is 31.5 Å². The smallest absolute Gasteiger partial charge is 0.120 e. The van der Waals surface area contributed by atoms with Gasteiger partial charge >= 0.3 is 0 Å². The largest absolute Gasteiger partial charge is 0.508 e. The molecule has 1 aromatic carbocycles. The van der Waals surface area contributed by atoms with Crippen LogP contribution in [-0.4, -0.2) is 14.7 Å². The van der Waals surface area contributed by atoms with Gasteiger partial charge in [0.15, 0.2) is 0 Å². The van der Waals surface area contributed by atoms with Crippen LogP contribution in [0.1, 0.15) is 11.4 Å². The van der Waals surface area contributed by atoms with Gasteiger partial charge in [-0.1, -0.05) is 0 Å². The van der Waals surface area contributed by atoms with Crippen molar-refractivity contribution in [1.29, 1.82) is 0 Å². The Morgan fingerprint density at radius 1 is 1.31 bits per heavy atom. The maximum absolute atomic E-state index is 9.47. The zero-order valence-corrected chi connectivity index (χ0v) is 8.00. The first-order chi connectivity index (χ1) is 6.09. The van der Waals surface area contributed by atoms with Crippen LogP contribution in [0.15, 0.2) is 12.1 Å². The highest BCUT2D eigenvalue weighted by Gasteiger charge is 2.06. The lowest BCUT2D eigenvalue weighted by Gasteiger charge is -1.99. The van der Waals surface area contributed by atoms with Crippen LogP contribution in [0.25, 0.3) is 11.0 Å². The number of nitrogens with zero attached hydrogens (tertiary/aromatic N) is 2. The third-order valence-electron chi connectivity index (χ3n) is 2.42. The van der Waals surface area contributed by atoms with Gasteiger partial charge in [-0.2, -0.15) is 0 Å². The van der Waals surface area contributed by atoms with Crippen LogP contribution < -0.4 is 0 Å². The van der Waals surface area contributed by atoms with E-state index >= 15 is 0 Å². The van der Waals surface area contributed by atoms with Gasteiger partial charge in [0.05, 0.1) is 11.0 Å². The zero-order chi connectivity index (χ0) is 9.59. The third kappa shape index (κ3) is 1.08. The van der Waals surface area contributed by atoms with Crippen molar-refractivity contribution in [2.45, 2.75) is 13.8 Å². The summed E-state index contributed by atoms with van der Waals surface area (Å²) in [5, 5.41) is 9.47. The summed E-state index contributed by atoms with van der Waals surface area (Å²) in [5.41, 5.74) is 2.80. The molecule has 1 N–H and O–H groups in total. The predicted octanol–water partition coefficient (Wildman–Crippen LogP) is 1.90. The molecule has 1 heterocycles. The molecular weight excluding hydrogens is 164 g/mol. The molecule has 0 atom stereocenters. The number of rotatable bonds is 0. The molecule has 0 spiro atoms. The second kappa shape index (κ2) is 2.49. The van der Waals surface area contributed by atoms with Crippen LogP contribution in [0.5, 0.6) is 5.75 Å². The van der Waals surface area contributed by atoms with Crippen LogP contribution in [-0.2, 0) is 7.05 Å². The number of phenolic OH excluding ortho intramolecular Hbond substituents is 1. The maximum Gasteiger partial charge on any atom is 0.120 e. The SMILES string of the molecule is Cc1cc2c(cc1O)nc(C)n2C. The van der Waals surface area contributed by atoms with Crippen molar-refractivity contribution in [3.05, 3.63) is 23.5 Å². The molecule has 13 heavy (non-hydrogen) atoms. The average molecular weight is 176 g/mol. The summed E-state index contributed by atoms with van der Waals surface area (Å²) in [5.74, 6) is 1.27. The lowest BCUT2D eigenvalue weighted by atomic mass is 10.2. The highest BCUT2D eigenvalue weighted by Crippen LogP contribution is 2.23. The minimum Gasteiger partial charge on any atom is -0.508 e. The Balaban J connectivity index is 2.89. The van der Waals surface area contributed by atoms with Gasteiger partial charge < -0.3 is 9.67 Å². The van der Waals surface area contributed by atoms with Crippen molar-refractivity contribution in [3.8, 4) is 5.75 Å². The highest BCUT2D eigenvalue weighted by molar-refractivity contribution is 5.78. The first kappa shape index (κ1) is 8.10. The first-order valence-electron chi connectivity index (χ1n) is 4.22. The second-order valence-electron chi connectivity index (χ2n) is 3.35. The number of aryl methyl sites for hydroxylation is 3. The topological polar surface area (TPSA) is 38.1 Å². The Morgan fingerprint density at radius 3 is 2.69 bits per heavy atom. The van der Waals surface area contributed by atoms with Gasteiger partial charge in [-0.3, -0.25) is 0 Å². The van der Waals surface area contributed by atoms with E-state index in [2.05, 4.69) is 4.98 Å². The van der Waals surface area contributed by atoms with E-state index < -0.39 is 0 Å². The predicted molar refractivity (Wildman–Crippen MR) is 51.9 cm³/mol. The number of hydrogen-bond donors (Lipinski definition) is 1. The Hall–Kier alpha value is -1.51. The second-order valence-corrected chi connectivity index (χ2v) is 3.35. The van der Waals surface area contributed by atoms with E-state index in [0.29, 0.717) is 5.75 Å². The summed E-state index contributed by atoms with van der Waals surface area (Å²) in [4.78, 5) is 4.32. The number of phenols is 1. The third-order valence-corrected chi connectivity index (χ3v) is 2.42. The molecule has 2 aromatic rings.